The molecular weight excluding hydrogens is 317 g/mol. The van der Waals surface area contributed by atoms with Crippen molar-refractivity contribution in [3.05, 3.63) is 40.1 Å². The molecule has 0 radical (unpaired) electrons. The van der Waals surface area contributed by atoms with Gasteiger partial charge < -0.3 is 5.73 Å². The fourth-order valence-electron chi connectivity index (χ4n) is 1.08. The van der Waals surface area contributed by atoms with Crippen LogP contribution in [0.4, 0.5) is 5.69 Å². The molecule has 0 aliphatic rings. The van der Waals surface area contributed by atoms with Crippen molar-refractivity contribution in [1.82, 2.24) is 0 Å². The van der Waals surface area contributed by atoms with Gasteiger partial charge in [-0.15, -0.1) is 0 Å². The molecule has 0 saturated carbocycles. The second-order valence-corrected chi connectivity index (χ2v) is 5.31. The van der Waals surface area contributed by atoms with E-state index in [2.05, 4.69) is 4.18 Å². The summed E-state index contributed by atoms with van der Waals surface area (Å²) >= 11 is 11.6. The topological polar surface area (TPSA) is 119 Å². The van der Waals surface area contributed by atoms with Crippen molar-refractivity contribution in [2.75, 3.05) is 11.6 Å². The van der Waals surface area contributed by atoms with Gasteiger partial charge in [-0.1, -0.05) is 23.2 Å². The molecule has 0 aromatic heterocycles. The first-order valence-corrected chi connectivity index (χ1v) is 6.88. The lowest BCUT2D eigenvalue weighted by molar-refractivity contribution is 0.289. The Morgan fingerprint density at radius 3 is 2.58 bits per heavy atom. The van der Waals surface area contributed by atoms with Crippen molar-refractivity contribution in [3.63, 3.8) is 0 Å². The Bertz CT molecular complexity index is 591. The van der Waals surface area contributed by atoms with Gasteiger partial charge in [-0.05, 0) is 18.2 Å². The number of hydrogen-bond donors (Lipinski definition) is 3. The smallest absolute Gasteiger partial charge is 0.397 e. The SMILES string of the molecule is N/C(=C\N(N)c1ccc(Cl)c(Cl)c1)COS(=O)(=O)O. The number of anilines is 1. The van der Waals surface area contributed by atoms with Crippen LogP contribution in [0.1, 0.15) is 0 Å². The number of hydrazine groups is 1. The third-order valence-corrected chi connectivity index (χ3v) is 3.04. The molecule has 0 spiro atoms. The van der Waals surface area contributed by atoms with Crippen LogP contribution in [0, 0.1) is 0 Å². The van der Waals surface area contributed by atoms with Crippen LogP contribution < -0.4 is 16.6 Å². The van der Waals surface area contributed by atoms with E-state index in [-0.39, 0.29) is 5.70 Å². The number of benzene rings is 1. The predicted octanol–water partition coefficient (Wildman–Crippen LogP) is 1.29. The van der Waals surface area contributed by atoms with E-state index in [1.165, 1.54) is 18.3 Å². The zero-order chi connectivity index (χ0) is 14.6. The number of hydrogen-bond acceptors (Lipinski definition) is 6. The van der Waals surface area contributed by atoms with Gasteiger partial charge in [-0.3, -0.25) is 9.56 Å². The van der Waals surface area contributed by atoms with Crippen LogP contribution in [-0.2, 0) is 14.6 Å². The molecule has 0 aliphatic heterocycles. The second kappa shape index (κ2) is 6.42. The molecular formula is C9H11Cl2N3O4S. The number of rotatable bonds is 5. The highest BCUT2D eigenvalue weighted by Crippen LogP contribution is 2.26. The van der Waals surface area contributed by atoms with Gasteiger partial charge in [-0.25, -0.2) is 10.0 Å². The van der Waals surface area contributed by atoms with Crippen LogP contribution in [0.15, 0.2) is 30.1 Å². The molecule has 0 atom stereocenters. The summed E-state index contributed by atoms with van der Waals surface area (Å²) < 4.78 is 33.1. The van der Waals surface area contributed by atoms with Crippen LogP contribution >= 0.6 is 23.2 Å². The zero-order valence-corrected chi connectivity index (χ0v) is 11.8. The van der Waals surface area contributed by atoms with Crippen LogP contribution in [0.3, 0.4) is 0 Å². The number of nitrogens with two attached hydrogens (primary N) is 2. The summed E-state index contributed by atoms with van der Waals surface area (Å²) in [5, 5.41) is 1.77. The quantitative estimate of drug-likeness (QED) is 0.423. The molecule has 5 N–H and O–H groups in total. The van der Waals surface area contributed by atoms with E-state index in [0.29, 0.717) is 15.7 Å². The molecule has 7 nitrogen and oxygen atoms in total. The third-order valence-electron chi connectivity index (χ3n) is 1.88. The largest absolute Gasteiger partial charge is 0.399 e. The third kappa shape index (κ3) is 5.64. The van der Waals surface area contributed by atoms with Crippen molar-refractivity contribution >= 4 is 39.3 Å². The molecule has 106 valence electrons. The van der Waals surface area contributed by atoms with Gasteiger partial charge in [0.2, 0.25) is 0 Å². The van der Waals surface area contributed by atoms with E-state index in [0.717, 1.165) is 5.01 Å². The number of nitrogens with zero attached hydrogens (tertiary/aromatic N) is 1. The Morgan fingerprint density at radius 1 is 1.42 bits per heavy atom. The number of halogens is 2. The van der Waals surface area contributed by atoms with Crippen LogP contribution in [-0.4, -0.2) is 19.6 Å². The highest BCUT2D eigenvalue weighted by atomic mass is 35.5. The molecule has 0 fully saturated rings. The summed E-state index contributed by atoms with van der Waals surface area (Å²) in [4.78, 5) is 0. The Labute approximate surface area is 120 Å². The molecule has 1 aromatic rings. The minimum atomic E-state index is -4.55. The maximum Gasteiger partial charge on any atom is 0.397 e. The molecule has 0 saturated heterocycles. The first-order chi connectivity index (χ1) is 8.69. The van der Waals surface area contributed by atoms with Crippen LogP contribution in [0.2, 0.25) is 10.0 Å². The van der Waals surface area contributed by atoms with Gasteiger partial charge in [0.05, 0.1) is 21.4 Å². The maximum absolute atomic E-state index is 10.3. The standard InChI is InChI=1S/C9H11Cl2N3O4S/c10-8-2-1-7(3-9(8)11)14(13)4-6(12)5-18-19(15,16)17/h1-4H,5,12-13H2,(H,15,16,17)/b6-4-. The molecule has 10 heteroatoms. The normalized spacial score (nSPS) is 12.5. The molecule has 0 heterocycles. The van der Waals surface area contributed by atoms with E-state index in [9.17, 15) is 8.42 Å². The molecule has 0 aliphatic carbocycles. The predicted molar refractivity (Wildman–Crippen MR) is 72.9 cm³/mol. The van der Waals surface area contributed by atoms with E-state index in [1.807, 2.05) is 0 Å². The monoisotopic (exact) mass is 327 g/mol. The lowest BCUT2D eigenvalue weighted by Gasteiger charge is -2.15. The summed E-state index contributed by atoms with van der Waals surface area (Å²) in [6, 6.07) is 4.62. The van der Waals surface area contributed by atoms with Gasteiger partial charge >= 0.3 is 10.4 Å². The Kier molecular flexibility index (Phi) is 5.41. The Balaban J connectivity index is 2.77. The first-order valence-electron chi connectivity index (χ1n) is 4.76. The lowest BCUT2D eigenvalue weighted by atomic mass is 10.3. The highest BCUT2D eigenvalue weighted by Gasteiger charge is 2.07. The average molecular weight is 328 g/mol. The van der Waals surface area contributed by atoms with Gasteiger partial charge in [0.15, 0.2) is 0 Å². The minimum absolute atomic E-state index is 0.0220. The van der Waals surface area contributed by atoms with E-state index < -0.39 is 17.0 Å². The molecule has 0 bridgehead atoms. The summed E-state index contributed by atoms with van der Waals surface area (Å²) in [5.74, 6) is 5.66. The summed E-state index contributed by atoms with van der Waals surface area (Å²) in [5.41, 5.74) is 5.92. The van der Waals surface area contributed by atoms with E-state index in [1.54, 1.807) is 6.07 Å². The van der Waals surface area contributed by atoms with Crippen molar-refractivity contribution in [1.29, 1.82) is 0 Å². The minimum Gasteiger partial charge on any atom is -0.399 e. The van der Waals surface area contributed by atoms with E-state index in [4.69, 9.17) is 39.3 Å². The van der Waals surface area contributed by atoms with Crippen LogP contribution in [0.5, 0.6) is 0 Å². The molecule has 0 unspecified atom stereocenters. The van der Waals surface area contributed by atoms with Crippen molar-refractivity contribution < 1.29 is 17.2 Å². The fourth-order valence-corrected chi connectivity index (χ4v) is 1.66. The first kappa shape index (κ1) is 16.0. The van der Waals surface area contributed by atoms with Crippen molar-refractivity contribution in [3.8, 4) is 0 Å². The van der Waals surface area contributed by atoms with Gasteiger partial charge in [0, 0.05) is 6.20 Å². The zero-order valence-electron chi connectivity index (χ0n) is 9.45. The molecule has 19 heavy (non-hydrogen) atoms. The summed E-state index contributed by atoms with van der Waals surface area (Å²) in [6.07, 6.45) is 1.21. The maximum atomic E-state index is 10.3. The van der Waals surface area contributed by atoms with Gasteiger partial charge in [-0.2, -0.15) is 8.42 Å². The van der Waals surface area contributed by atoms with Gasteiger partial charge in [0.1, 0.15) is 6.61 Å². The Hall–Kier alpha value is -1.03. The van der Waals surface area contributed by atoms with Crippen molar-refractivity contribution in [2.24, 2.45) is 11.6 Å². The van der Waals surface area contributed by atoms with E-state index >= 15 is 0 Å². The highest BCUT2D eigenvalue weighted by molar-refractivity contribution is 7.80. The summed E-state index contributed by atoms with van der Waals surface area (Å²) in [6.45, 7) is -0.534. The molecule has 1 aromatic carbocycles. The van der Waals surface area contributed by atoms with Crippen LogP contribution in [0.25, 0.3) is 0 Å². The van der Waals surface area contributed by atoms with Crippen molar-refractivity contribution in [2.45, 2.75) is 0 Å². The summed E-state index contributed by atoms with van der Waals surface area (Å²) in [7, 11) is -4.55. The molecule has 0 amide bonds. The average Bonchev–Trinajstić information content (AvgIpc) is 2.29. The van der Waals surface area contributed by atoms with Gasteiger partial charge in [0.25, 0.3) is 0 Å². The fraction of sp³-hybridized carbons (Fsp3) is 0.111. The second-order valence-electron chi connectivity index (χ2n) is 3.40. The lowest BCUT2D eigenvalue weighted by Crippen LogP contribution is -2.27. The Morgan fingerprint density at radius 2 is 2.05 bits per heavy atom. The molecule has 1 rings (SSSR count).